The van der Waals surface area contributed by atoms with E-state index >= 15 is 0 Å². The molecule has 25 heavy (non-hydrogen) atoms. The van der Waals surface area contributed by atoms with Crippen LogP contribution < -0.4 is 5.32 Å². The van der Waals surface area contributed by atoms with Crippen molar-refractivity contribution < 1.29 is 4.79 Å². The molecule has 0 spiro atoms. The summed E-state index contributed by atoms with van der Waals surface area (Å²) in [6, 6.07) is 9.22. The molecule has 1 aromatic carbocycles. The summed E-state index contributed by atoms with van der Waals surface area (Å²) in [4.78, 5) is 20.6. The number of thiazole rings is 1. The summed E-state index contributed by atoms with van der Waals surface area (Å²) in [5, 5.41) is 4.19. The lowest BCUT2D eigenvalue weighted by atomic mass is 10.1. The molecule has 5 heteroatoms. The van der Waals surface area contributed by atoms with E-state index in [1.165, 1.54) is 29.0 Å². The first-order valence-corrected chi connectivity index (χ1v) is 9.97. The maximum Gasteiger partial charge on any atom is 0.251 e. The van der Waals surface area contributed by atoms with Crippen LogP contribution in [0.3, 0.4) is 0 Å². The van der Waals surface area contributed by atoms with Crippen LogP contribution in [0.2, 0.25) is 0 Å². The van der Waals surface area contributed by atoms with E-state index in [0.717, 1.165) is 36.5 Å². The molecule has 0 radical (unpaired) electrons. The van der Waals surface area contributed by atoms with Crippen LogP contribution in [0.15, 0.2) is 24.3 Å². The molecular weight excluding hydrogens is 330 g/mol. The van der Waals surface area contributed by atoms with Gasteiger partial charge in [0.05, 0.1) is 10.7 Å². The van der Waals surface area contributed by atoms with E-state index in [4.69, 9.17) is 0 Å². The highest BCUT2D eigenvalue weighted by atomic mass is 32.1. The van der Waals surface area contributed by atoms with Gasteiger partial charge in [0.25, 0.3) is 5.91 Å². The Bertz CT molecular complexity index is 760. The van der Waals surface area contributed by atoms with Crippen LogP contribution in [-0.2, 0) is 13.1 Å². The Morgan fingerprint density at radius 2 is 1.88 bits per heavy atom. The van der Waals surface area contributed by atoms with Crippen molar-refractivity contribution in [3.8, 4) is 0 Å². The number of nitrogens with one attached hydrogen (secondary N) is 1. The fraction of sp³-hybridized carbons (Fsp3) is 0.500. The zero-order valence-electron chi connectivity index (χ0n) is 14.9. The molecule has 2 saturated carbocycles. The number of hydrogen-bond acceptors (Lipinski definition) is 4. The van der Waals surface area contributed by atoms with E-state index < -0.39 is 0 Å². The largest absolute Gasteiger partial charge is 0.349 e. The molecule has 0 atom stereocenters. The number of nitrogens with zero attached hydrogens (tertiary/aromatic N) is 2. The molecule has 4 nitrogen and oxygen atoms in total. The van der Waals surface area contributed by atoms with Gasteiger partial charge in [-0.1, -0.05) is 12.1 Å². The minimum absolute atomic E-state index is 0.0591. The molecule has 0 aliphatic heterocycles. The smallest absolute Gasteiger partial charge is 0.251 e. The molecule has 2 aromatic rings. The summed E-state index contributed by atoms with van der Waals surface area (Å²) in [5.74, 6) is 0.0591. The van der Waals surface area contributed by atoms with Gasteiger partial charge in [0.15, 0.2) is 0 Å². The molecule has 132 valence electrons. The summed E-state index contributed by atoms with van der Waals surface area (Å²) in [5.41, 5.74) is 3.21. The van der Waals surface area contributed by atoms with Gasteiger partial charge in [-0.25, -0.2) is 4.98 Å². The number of carbonyl (C=O) groups is 1. The average Bonchev–Trinajstić information content (AvgIpc) is 3.48. The molecule has 0 bridgehead atoms. The number of benzene rings is 1. The van der Waals surface area contributed by atoms with E-state index in [-0.39, 0.29) is 5.91 Å². The maximum absolute atomic E-state index is 12.1. The lowest BCUT2D eigenvalue weighted by molar-refractivity contribution is 0.0951. The maximum atomic E-state index is 12.1. The number of rotatable bonds is 7. The zero-order chi connectivity index (χ0) is 17.4. The highest BCUT2D eigenvalue weighted by molar-refractivity contribution is 7.11. The fourth-order valence-electron chi connectivity index (χ4n) is 3.15. The lowest BCUT2D eigenvalue weighted by Gasteiger charge is -2.21. The lowest BCUT2D eigenvalue weighted by Crippen LogP contribution is -2.26. The van der Waals surface area contributed by atoms with Crippen LogP contribution in [0.4, 0.5) is 0 Å². The Labute approximate surface area is 153 Å². The first-order chi connectivity index (χ1) is 12.1. The Balaban J connectivity index is 1.41. The van der Waals surface area contributed by atoms with Gasteiger partial charge in [-0.2, -0.15) is 0 Å². The highest BCUT2D eigenvalue weighted by Crippen LogP contribution is 2.31. The first kappa shape index (κ1) is 16.7. The zero-order valence-corrected chi connectivity index (χ0v) is 15.7. The Morgan fingerprint density at radius 1 is 1.16 bits per heavy atom. The number of amides is 1. The van der Waals surface area contributed by atoms with E-state index in [1.54, 1.807) is 0 Å². The van der Waals surface area contributed by atoms with Gasteiger partial charge in [0, 0.05) is 35.6 Å². The average molecular weight is 356 g/mol. The van der Waals surface area contributed by atoms with Crippen molar-refractivity contribution in [3.05, 3.63) is 51.0 Å². The predicted octanol–water partition coefficient (Wildman–Crippen LogP) is 3.82. The molecule has 1 amide bonds. The monoisotopic (exact) mass is 355 g/mol. The van der Waals surface area contributed by atoms with Crippen LogP contribution in [-0.4, -0.2) is 27.9 Å². The summed E-state index contributed by atoms with van der Waals surface area (Å²) in [7, 11) is 0. The van der Waals surface area contributed by atoms with Gasteiger partial charge >= 0.3 is 0 Å². The van der Waals surface area contributed by atoms with Gasteiger partial charge in [-0.15, -0.1) is 11.3 Å². The van der Waals surface area contributed by atoms with Crippen LogP contribution in [0.25, 0.3) is 0 Å². The van der Waals surface area contributed by atoms with Crippen molar-refractivity contribution in [2.75, 3.05) is 0 Å². The predicted molar refractivity (Wildman–Crippen MR) is 101 cm³/mol. The minimum atomic E-state index is 0.0591. The van der Waals surface area contributed by atoms with Gasteiger partial charge in [0.1, 0.15) is 0 Å². The molecular formula is C20H25N3OS. The Kier molecular flexibility index (Phi) is 4.61. The fourth-order valence-corrected chi connectivity index (χ4v) is 4.11. The Morgan fingerprint density at radius 3 is 2.44 bits per heavy atom. The minimum Gasteiger partial charge on any atom is -0.349 e. The molecule has 0 saturated heterocycles. The Hall–Kier alpha value is -1.72. The molecule has 2 aliphatic rings. The van der Waals surface area contributed by atoms with Crippen molar-refractivity contribution in [1.29, 1.82) is 0 Å². The van der Waals surface area contributed by atoms with E-state index in [2.05, 4.69) is 41.2 Å². The van der Waals surface area contributed by atoms with Crippen LogP contribution in [0.5, 0.6) is 0 Å². The molecule has 0 unspecified atom stereocenters. The van der Waals surface area contributed by atoms with Crippen molar-refractivity contribution in [2.24, 2.45) is 0 Å². The normalized spacial score (nSPS) is 17.1. The van der Waals surface area contributed by atoms with Gasteiger partial charge < -0.3 is 5.32 Å². The van der Waals surface area contributed by atoms with Crippen molar-refractivity contribution in [2.45, 2.75) is 64.7 Å². The van der Waals surface area contributed by atoms with Gasteiger partial charge in [-0.05, 0) is 57.2 Å². The summed E-state index contributed by atoms with van der Waals surface area (Å²) in [6.45, 7) is 6.10. The van der Waals surface area contributed by atoms with Gasteiger partial charge in [0.2, 0.25) is 0 Å². The van der Waals surface area contributed by atoms with Crippen LogP contribution >= 0.6 is 11.3 Å². The van der Waals surface area contributed by atoms with Crippen molar-refractivity contribution in [3.63, 3.8) is 0 Å². The molecule has 1 heterocycles. The molecule has 2 aliphatic carbocycles. The number of hydrogen-bond donors (Lipinski definition) is 1. The summed E-state index contributed by atoms with van der Waals surface area (Å²) in [6.07, 6.45) is 4.82. The highest BCUT2D eigenvalue weighted by Gasteiger charge is 2.30. The summed E-state index contributed by atoms with van der Waals surface area (Å²) >= 11 is 1.81. The topological polar surface area (TPSA) is 45.2 Å². The third-order valence-electron chi connectivity index (χ3n) is 4.92. The second-order valence-corrected chi connectivity index (χ2v) is 8.61. The van der Waals surface area contributed by atoms with E-state index in [1.807, 2.05) is 23.5 Å². The first-order valence-electron chi connectivity index (χ1n) is 9.15. The third-order valence-corrected chi connectivity index (χ3v) is 5.98. The molecule has 1 N–H and O–H groups in total. The van der Waals surface area contributed by atoms with Crippen molar-refractivity contribution >= 4 is 17.2 Å². The van der Waals surface area contributed by atoms with E-state index in [9.17, 15) is 4.79 Å². The van der Waals surface area contributed by atoms with E-state index in [0.29, 0.717) is 12.1 Å². The molecule has 1 aromatic heterocycles. The van der Waals surface area contributed by atoms with Gasteiger partial charge in [-0.3, -0.25) is 9.69 Å². The summed E-state index contributed by atoms with van der Waals surface area (Å²) < 4.78 is 0. The van der Waals surface area contributed by atoms with Crippen LogP contribution in [0.1, 0.15) is 57.2 Å². The second kappa shape index (κ2) is 6.89. The SMILES string of the molecule is Cc1nc(C)c(CN(Cc2ccc(C(=O)NC3CC3)cc2)C2CC2)s1. The number of aryl methyl sites for hydroxylation is 2. The quantitative estimate of drug-likeness (QED) is 0.821. The number of carbonyl (C=O) groups excluding carboxylic acids is 1. The second-order valence-electron chi connectivity index (χ2n) is 7.32. The number of aromatic nitrogens is 1. The van der Waals surface area contributed by atoms with Crippen LogP contribution in [0, 0.1) is 13.8 Å². The molecule has 4 rings (SSSR count). The third kappa shape index (κ3) is 4.28. The molecule has 2 fully saturated rings. The van der Waals surface area contributed by atoms with Crippen molar-refractivity contribution in [1.82, 2.24) is 15.2 Å². The standard InChI is InChI=1S/C20H25N3OS/c1-13-19(25-14(2)21-13)12-23(18-9-10-18)11-15-3-5-16(6-4-15)20(24)22-17-7-8-17/h3-6,17-18H,7-12H2,1-2H3,(H,22,24).